The lowest BCUT2D eigenvalue weighted by molar-refractivity contribution is -0.131. The maximum absolute atomic E-state index is 12.7. The predicted molar refractivity (Wildman–Crippen MR) is 109 cm³/mol. The fourth-order valence-corrected chi connectivity index (χ4v) is 4.35. The first kappa shape index (κ1) is 20.5. The molecule has 2 amide bonds. The van der Waals surface area contributed by atoms with Crippen LogP contribution in [0.4, 0.5) is 0 Å². The summed E-state index contributed by atoms with van der Waals surface area (Å²) < 4.78 is 2.09. The van der Waals surface area contributed by atoms with Crippen molar-refractivity contribution in [1.29, 1.82) is 0 Å². The van der Waals surface area contributed by atoms with Gasteiger partial charge in [-0.1, -0.05) is 19.9 Å². The van der Waals surface area contributed by atoms with Gasteiger partial charge in [-0.2, -0.15) is 0 Å². The lowest BCUT2D eigenvalue weighted by Crippen LogP contribution is -2.34. The van der Waals surface area contributed by atoms with Gasteiger partial charge in [0.2, 0.25) is 11.8 Å². The van der Waals surface area contributed by atoms with E-state index in [4.69, 9.17) is 0 Å². The van der Waals surface area contributed by atoms with Crippen molar-refractivity contribution in [2.75, 3.05) is 13.1 Å². The van der Waals surface area contributed by atoms with Gasteiger partial charge in [-0.05, 0) is 30.2 Å². The molecule has 2 aromatic rings. The molecule has 3 heterocycles. The molecule has 0 radical (unpaired) electrons. The van der Waals surface area contributed by atoms with Crippen molar-refractivity contribution in [2.45, 2.75) is 59.0 Å². The third-order valence-electron chi connectivity index (χ3n) is 4.97. The summed E-state index contributed by atoms with van der Waals surface area (Å²) in [5.74, 6) is 2.23. The zero-order valence-corrected chi connectivity index (χ0v) is 17.7. The Morgan fingerprint density at radius 2 is 2.07 bits per heavy atom. The third-order valence-corrected chi connectivity index (χ3v) is 5.91. The van der Waals surface area contributed by atoms with Gasteiger partial charge in [0.05, 0.1) is 6.04 Å². The van der Waals surface area contributed by atoms with Gasteiger partial charge in [-0.3, -0.25) is 9.59 Å². The number of thiophene rings is 1. The van der Waals surface area contributed by atoms with Crippen molar-refractivity contribution in [3.05, 3.63) is 34.0 Å². The average Bonchev–Trinajstić information content (AvgIpc) is 3.24. The molecule has 0 fully saturated rings. The number of aromatic nitrogens is 3. The molecule has 2 aromatic heterocycles. The molecule has 1 aliphatic rings. The van der Waals surface area contributed by atoms with Gasteiger partial charge in [-0.15, -0.1) is 21.5 Å². The number of amides is 2. The average molecular weight is 404 g/mol. The molecule has 0 unspecified atom stereocenters. The zero-order valence-electron chi connectivity index (χ0n) is 16.9. The van der Waals surface area contributed by atoms with Crippen LogP contribution in [0.1, 0.15) is 56.2 Å². The molecule has 0 aliphatic carbocycles. The Hall–Kier alpha value is -2.22. The van der Waals surface area contributed by atoms with Gasteiger partial charge in [-0.25, -0.2) is 0 Å². The van der Waals surface area contributed by atoms with Crippen LogP contribution in [0.5, 0.6) is 0 Å². The first-order valence-electron chi connectivity index (χ1n) is 9.93. The Balaban J connectivity index is 1.66. The monoisotopic (exact) mass is 403 g/mol. The Morgan fingerprint density at radius 1 is 1.25 bits per heavy atom. The number of carbonyl (C=O) groups excluding carboxylic acids is 2. The van der Waals surface area contributed by atoms with E-state index >= 15 is 0 Å². The topological polar surface area (TPSA) is 80.1 Å². The number of hydrogen-bond acceptors (Lipinski definition) is 5. The van der Waals surface area contributed by atoms with E-state index in [1.54, 1.807) is 11.3 Å². The maximum atomic E-state index is 12.7. The summed E-state index contributed by atoms with van der Waals surface area (Å²) in [4.78, 5) is 27.5. The normalized spacial score (nSPS) is 15.2. The molecule has 1 atom stereocenters. The summed E-state index contributed by atoms with van der Waals surface area (Å²) in [6.45, 7) is 7.76. The molecule has 1 aliphatic heterocycles. The minimum absolute atomic E-state index is 0.0676. The Morgan fingerprint density at radius 3 is 2.75 bits per heavy atom. The van der Waals surface area contributed by atoms with E-state index in [9.17, 15) is 9.59 Å². The number of nitrogens with zero attached hydrogens (tertiary/aromatic N) is 4. The summed E-state index contributed by atoms with van der Waals surface area (Å²) in [5, 5.41) is 13.8. The van der Waals surface area contributed by atoms with Gasteiger partial charge >= 0.3 is 0 Å². The number of rotatable bonds is 7. The van der Waals surface area contributed by atoms with Crippen molar-refractivity contribution >= 4 is 23.2 Å². The van der Waals surface area contributed by atoms with E-state index in [2.05, 4.69) is 40.0 Å². The van der Waals surface area contributed by atoms with Crippen LogP contribution in [-0.4, -0.2) is 44.6 Å². The fourth-order valence-electron chi connectivity index (χ4n) is 3.64. The molecule has 0 saturated carbocycles. The largest absolute Gasteiger partial charge is 0.346 e. The van der Waals surface area contributed by atoms with Crippen molar-refractivity contribution < 1.29 is 9.59 Å². The molecule has 3 rings (SSSR count). The molecule has 28 heavy (non-hydrogen) atoms. The highest BCUT2D eigenvalue weighted by molar-refractivity contribution is 7.09. The first-order valence-corrected chi connectivity index (χ1v) is 10.8. The van der Waals surface area contributed by atoms with Gasteiger partial charge in [0.1, 0.15) is 5.82 Å². The van der Waals surface area contributed by atoms with Crippen molar-refractivity contribution in [2.24, 2.45) is 5.92 Å². The van der Waals surface area contributed by atoms with Crippen LogP contribution in [0.25, 0.3) is 0 Å². The SMILES string of the molecule is CC(=O)N[C@H](CC(C)C)c1nnc2n1CCN(C(=O)CCc1cccs1)CC2. The minimum atomic E-state index is -0.153. The number of hydrogen-bond donors (Lipinski definition) is 1. The first-order chi connectivity index (χ1) is 13.4. The number of nitrogens with one attached hydrogen (secondary N) is 1. The van der Waals surface area contributed by atoms with E-state index in [0.29, 0.717) is 38.4 Å². The van der Waals surface area contributed by atoms with E-state index in [1.807, 2.05) is 16.3 Å². The smallest absolute Gasteiger partial charge is 0.223 e. The Kier molecular flexibility index (Phi) is 6.83. The summed E-state index contributed by atoms with van der Waals surface area (Å²) >= 11 is 1.69. The summed E-state index contributed by atoms with van der Waals surface area (Å²) in [5.41, 5.74) is 0. The second-order valence-corrected chi connectivity index (χ2v) is 8.75. The highest BCUT2D eigenvalue weighted by Crippen LogP contribution is 2.22. The molecular formula is C20H29N5O2S. The van der Waals surface area contributed by atoms with Crippen LogP contribution in [0.15, 0.2) is 17.5 Å². The molecule has 0 aromatic carbocycles. The second kappa shape index (κ2) is 9.32. The summed E-state index contributed by atoms with van der Waals surface area (Å²) in [6.07, 6.45) is 2.83. The van der Waals surface area contributed by atoms with Crippen LogP contribution in [0, 0.1) is 5.92 Å². The van der Waals surface area contributed by atoms with E-state index in [-0.39, 0.29) is 17.9 Å². The molecule has 8 heteroatoms. The number of fused-ring (bicyclic) bond motifs is 1. The highest BCUT2D eigenvalue weighted by atomic mass is 32.1. The molecule has 7 nitrogen and oxygen atoms in total. The summed E-state index contributed by atoms with van der Waals surface area (Å²) in [7, 11) is 0. The van der Waals surface area contributed by atoms with E-state index in [0.717, 1.165) is 24.5 Å². The highest BCUT2D eigenvalue weighted by Gasteiger charge is 2.26. The maximum Gasteiger partial charge on any atom is 0.223 e. The van der Waals surface area contributed by atoms with Crippen LogP contribution < -0.4 is 5.32 Å². The second-order valence-electron chi connectivity index (χ2n) is 7.72. The fraction of sp³-hybridized carbons (Fsp3) is 0.600. The Labute approximate surface area is 170 Å². The predicted octanol–water partition coefficient (Wildman–Crippen LogP) is 2.58. The van der Waals surface area contributed by atoms with Crippen molar-refractivity contribution in [3.63, 3.8) is 0 Å². The molecule has 1 N–H and O–H groups in total. The van der Waals surface area contributed by atoms with Crippen molar-refractivity contribution in [3.8, 4) is 0 Å². The molecule has 0 bridgehead atoms. The minimum Gasteiger partial charge on any atom is -0.346 e. The van der Waals surface area contributed by atoms with Crippen molar-refractivity contribution in [1.82, 2.24) is 25.0 Å². The lowest BCUT2D eigenvalue weighted by atomic mass is 10.0. The number of carbonyl (C=O) groups is 2. The van der Waals surface area contributed by atoms with Crippen LogP contribution in [-0.2, 0) is 29.0 Å². The van der Waals surface area contributed by atoms with Gasteiger partial charge in [0.25, 0.3) is 0 Å². The lowest BCUT2D eigenvalue weighted by Gasteiger charge is -2.22. The quantitative estimate of drug-likeness (QED) is 0.771. The standard InChI is InChI=1S/C20H29N5O2S/c1-14(2)13-17(21-15(3)26)20-23-22-18-8-9-24(10-11-25(18)20)19(27)7-6-16-5-4-12-28-16/h4-5,12,14,17H,6-11,13H2,1-3H3,(H,21,26)/t17-/m1/s1. The molecule has 0 spiro atoms. The third kappa shape index (κ3) is 5.19. The van der Waals surface area contributed by atoms with Gasteiger partial charge < -0.3 is 14.8 Å². The van der Waals surface area contributed by atoms with E-state index < -0.39 is 0 Å². The summed E-state index contributed by atoms with van der Waals surface area (Å²) in [6, 6.07) is 3.94. The van der Waals surface area contributed by atoms with E-state index in [1.165, 1.54) is 11.8 Å². The zero-order chi connectivity index (χ0) is 20.1. The van der Waals surface area contributed by atoms with Gasteiger partial charge in [0, 0.05) is 44.3 Å². The molecule has 152 valence electrons. The van der Waals surface area contributed by atoms with Crippen LogP contribution >= 0.6 is 11.3 Å². The van der Waals surface area contributed by atoms with Crippen LogP contribution in [0.3, 0.4) is 0 Å². The number of aryl methyl sites for hydroxylation is 1. The molecular weight excluding hydrogens is 374 g/mol. The van der Waals surface area contributed by atoms with Gasteiger partial charge in [0.15, 0.2) is 5.82 Å². The van der Waals surface area contributed by atoms with Crippen LogP contribution in [0.2, 0.25) is 0 Å². The Bertz CT molecular complexity index is 800. The molecule has 0 saturated heterocycles.